The Kier molecular flexibility index (Phi) is 8.41. The molecule has 11 heteroatoms. The Morgan fingerprint density at radius 1 is 1.06 bits per heavy atom. The van der Waals surface area contributed by atoms with Crippen LogP contribution in [0.1, 0.15) is 53.5 Å². The summed E-state index contributed by atoms with van der Waals surface area (Å²) in [4.78, 5) is 38.5. The van der Waals surface area contributed by atoms with Gasteiger partial charge in [-0.1, -0.05) is 29.9 Å². The van der Waals surface area contributed by atoms with Crippen LogP contribution in [0.2, 0.25) is 0 Å². The Hall–Kier alpha value is -4.06. The number of carbonyl (C=O) groups is 1. The first kappa shape index (κ1) is 32.5. The number of benzene rings is 1. The zero-order chi connectivity index (χ0) is 32.6. The smallest absolute Gasteiger partial charge is 0.389 e. The van der Waals surface area contributed by atoms with E-state index in [2.05, 4.69) is 51.6 Å². The van der Waals surface area contributed by atoms with Crippen molar-refractivity contribution in [1.29, 1.82) is 0 Å². The zero-order valence-corrected chi connectivity index (χ0v) is 28.6. The number of pyridine rings is 2. The van der Waals surface area contributed by atoms with Crippen molar-refractivity contribution in [3.05, 3.63) is 100 Å². The zero-order valence-electron chi connectivity index (χ0n) is 27.6. The van der Waals surface area contributed by atoms with Crippen molar-refractivity contribution in [2.45, 2.75) is 57.7 Å². The van der Waals surface area contributed by atoms with Crippen LogP contribution in [0.5, 0.6) is 0 Å². The largest absolute Gasteiger partial charge is 2.00 e. The first-order chi connectivity index (χ1) is 22.7. The predicted octanol–water partition coefficient (Wildman–Crippen LogP) is 5.34. The molecule has 8 rings (SSSR count). The van der Waals surface area contributed by atoms with Crippen molar-refractivity contribution >= 4 is 28.8 Å². The first-order valence-electron chi connectivity index (χ1n) is 16.6. The summed E-state index contributed by atoms with van der Waals surface area (Å²) < 4.78 is 19.2. The van der Waals surface area contributed by atoms with Crippen molar-refractivity contribution < 1.29 is 26.0 Å². The number of hydrogen-bond acceptors (Lipinski definition) is 6. The molecule has 0 bridgehead atoms. The van der Waals surface area contributed by atoms with Crippen LogP contribution in [0.3, 0.4) is 0 Å². The number of halogens is 1. The van der Waals surface area contributed by atoms with Crippen LogP contribution in [-0.2, 0) is 43.2 Å². The van der Waals surface area contributed by atoms with E-state index >= 15 is 4.39 Å². The summed E-state index contributed by atoms with van der Waals surface area (Å²) in [5.41, 5.74) is 6.49. The minimum Gasteiger partial charge on any atom is -0.389 e. The molecule has 5 heterocycles. The van der Waals surface area contributed by atoms with Gasteiger partial charge in [0.2, 0.25) is 0 Å². The number of nitrogens with one attached hydrogen (secondary N) is 1. The van der Waals surface area contributed by atoms with E-state index in [-0.39, 0.29) is 34.3 Å². The second-order valence-electron chi connectivity index (χ2n) is 13.7. The SMILES string of the molecule is [CH2-]c1c(-c2cc(Nc3ccc(N4CCN(C)C[C@H]4C)cn3)c(=O)n(C)c2)cc(F)cc1N1C(=O)c2cc3c(n2C[C-]2CC21)CCCC3.[Co+2]. The quantitative estimate of drug-likeness (QED) is 0.285. The van der Waals surface area contributed by atoms with Gasteiger partial charge in [0, 0.05) is 44.6 Å². The molecule has 2 fully saturated rings. The van der Waals surface area contributed by atoms with Crippen molar-refractivity contribution in [2.75, 3.05) is 41.8 Å². The number of hydrogen-bond donors (Lipinski definition) is 1. The number of likely N-dealkylation sites (N-methyl/N-ethyl adjacent to an activating group) is 1. The maximum atomic E-state index is 15.5. The topological polar surface area (TPSA) is 78.6 Å². The number of nitrogens with zero attached hydrogens (tertiary/aromatic N) is 6. The van der Waals surface area contributed by atoms with Crippen LogP contribution in [0.4, 0.5) is 27.3 Å². The average Bonchev–Trinajstić information content (AvgIpc) is 3.73. The molecule has 1 N–H and O–H groups in total. The summed E-state index contributed by atoms with van der Waals surface area (Å²) >= 11 is 0. The fraction of sp³-hybridized carbons (Fsp3) is 0.378. The van der Waals surface area contributed by atoms with Gasteiger partial charge in [0.25, 0.3) is 11.5 Å². The molecule has 48 heavy (non-hydrogen) atoms. The molecule has 4 aromatic rings. The molecule has 3 aromatic heterocycles. The summed E-state index contributed by atoms with van der Waals surface area (Å²) in [6.07, 6.45) is 8.57. The maximum absolute atomic E-state index is 15.5. The van der Waals surface area contributed by atoms with Crippen LogP contribution in [0, 0.1) is 18.7 Å². The fourth-order valence-electron chi connectivity index (χ4n) is 7.84. The van der Waals surface area contributed by atoms with Gasteiger partial charge in [0.1, 0.15) is 23.0 Å². The Morgan fingerprint density at radius 2 is 1.88 bits per heavy atom. The molecule has 0 spiro atoms. The summed E-state index contributed by atoms with van der Waals surface area (Å²) in [6.45, 7) is 10.2. The third-order valence-corrected chi connectivity index (χ3v) is 10.4. The first-order valence-corrected chi connectivity index (χ1v) is 16.6. The standard InChI is InChI=1S/C37H40FN7O2.Co/c1-22-19-41(3)11-12-43(22)28-9-10-35(39-18-28)40-30-13-25(20-42(4)36(30)46)29-16-27(38)17-32(23(29)2)45-33-15-26(33)21-44-31-8-6-5-7-24(31)14-34(44)37(45)47;/h9-10,13-14,16-18,20,22,33H,2,5-8,11-12,15,19,21H2,1,3-4H3,(H,39,40);/q-2;+2/t22-,33?;/m1./s1. The number of aryl methyl sites for hydroxylation is 2. The van der Waals surface area contributed by atoms with Crippen LogP contribution in [-0.4, -0.2) is 63.7 Å². The summed E-state index contributed by atoms with van der Waals surface area (Å²) in [5, 5.41) is 3.19. The van der Waals surface area contributed by atoms with Gasteiger partial charge in [-0.2, -0.15) is 18.9 Å². The molecule has 2 aliphatic carbocycles. The molecule has 2 aliphatic heterocycles. The Bertz CT molecular complexity index is 1950. The monoisotopic (exact) mass is 692 g/mol. The van der Waals surface area contributed by atoms with Crippen molar-refractivity contribution in [3.8, 4) is 11.1 Å². The van der Waals surface area contributed by atoms with Crippen LogP contribution < -0.4 is 20.7 Å². The molecular formula is C37H40CoFN7O2. The Morgan fingerprint density at radius 3 is 2.65 bits per heavy atom. The van der Waals surface area contributed by atoms with Gasteiger partial charge in [-0.3, -0.25) is 15.5 Å². The number of piperazine rings is 1. The van der Waals surface area contributed by atoms with Gasteiger partial charge in [0.05, 0.1) is 11.9 Å². The van der Waals surface area contributed by atoms with Gasteiger partial charge in [-0.05, 0) is 69.5 Å². The summed E-state index contributed by atoms with van der Waals surface area (Å²) in [7, 11) is 3.81. The Labute approximate surface area is 290 Å². The molecule has 1 saturated carbocycles. The number of anilines is 4. The molecule has 2 atom stereocenters. The second-order valence-corrected chi connectivity index (χ2v) is 13.7. The van der Waals surface area contributed by atoms with Crippen molar-refractivity contribution in [2.24, 2.45) is 7.05 Å². The van der Waals surface area contributed by atoms with Gasteiger partial charge in [-0.25, -0.2) is 9.37 Å². The predicted molar refractivity (Wildman–Crippen MR) is 183 cm³/mol. The van der Waals surface area contributed by atoms with Crippen LogP contribution in [0.25, 0.3) is 11.1 Å². The molecule has 4 aliphatic rings. The van der Waals surface area contributed by atoms with Crippen molar-refractivity contribution in [1.82, 2.24) is 19.0 Å². The van der Waals surface area contributed by atoms with E-state index in [9.17, 15) is 9.59 Å². The molecule has 1 saturated heterocycles. The van der Waals surface area contributed by atoms with Gasteiger partial charge < -0.3 is 29.2 Å². The summed E-state index contributed by atoms with van der Waals surface area (Å²) in [5.74, 6) is 1.24. The van der Waals surface area contributed by atoms with E-state index < -0.39 is 5.82 Å². The number of aromatic nitrogens is 3. The summed E-state index contributed by atoms with van der Waals surface area (Å²) in [6, 6.07) is 10.8. The van der Waals surface area contributed by atoms with E-state index in [1.165, 1.54) is 33.9 Å². The number of fused-ring (bicyclic) bond motifs is 4. The Balaban J connectivity index is 0.00000364. The van der Waals surface area contributed by atoms with E-state index in [4.69, 9.17) is 0 Å². The molecule has 1 amide bonds. The van der Waals surface area contributed by atoms with Crippen LogP contribution >= 0.6 is 0 Å². The van der Waals surface area contributed by atoms with Gasteiger partial charge >= 0.3 is 16.8 Å². The molecule has 1 aromatic carbocycles. The number of carbonyl (C=O) groups excluding carboxylic acids is 1. The normalized spacial score (nSPS) is 20.8. The molecular weight excluding hydrogens is 652 g/mol. The van der Waals surface area contributed by atoms with E-state index in [1.54, 1.807) is 24.2 Å². The van der Waals surface area contributed by atoms with Crippen LogP contribution in [0.15, 0.2) is 53.6 Å². The van der Waals surface area contributed by atoms with Gasteiger partial charge in [0.15, 0.2) is 0 Å². The minimum absolute atomic E-state index is 0. The third kappa shape index (κ3) is 5.61. The van der Waals surface area contributed by atoms with E-state index in [0.29, 0.717) is 45.6 Å². The van der Waals surface area contributed by atoms with E-state index in [1.807, 2.05) is 18.3 Å². The molecule has 251 valence electrons. The average molecular weight is 693 g/mol. The molecule has 1 unspecified atom stereocenters. The minimum atomic E-state index is -0.463. The number of amides is 1. The third-order valence-electron chi connectivity index (χ3n) is 10.4. The maximum Gasteiger partial charge on any atom is 2.00 e. The fourth-order valence-corrected chi connectivity index (χ4v) is 7.84. The van der Waals surface area contributed by atoms with E-state index in [0.717, 1.165) is 64.0 Å². The second kappa shape index (κ2) is 12.4. The van der Waals surface area contributed by atoms with Crippen molar-refractivity contribution in [3.63, 3.8) is 0 Å². The van der Waals surface area contributed by atoms with Gasteiger partial charge in [-0.15, -0.1) is 11.6 Å². The molecule has 9 nitrogen and oxygen atoms in total. The number of rotatable bonds is 5. The molecule has 1 radical (unpaired) electrons.